The van der Waals surface area contributed by atoms with Crippen molar-refractivity contribution in [3.05, 3.63) is 95.6 Å². The summed E-state index contributed by atoms with van der Waals surface area (Å²) in [6, 6.07) is 22.0. The second kappa shape index (κ2) is 17.6. The Bertz CT molecular complexity index is 1620. The topological polar surface area (TPSA) is 117 Å². The fraction of sp³-hybridized carbons (Fsp3) is 0.342. The van der Waals surface area contributed by atoms with Crippen LogP contribution in [0.5, 0.6) is 11.5 Å². The van der Waals surface area contributed by atoms with Gasteiger partial charge in [-0.2, -0.15) is 0 Å². The monoisotopic (exact) mass is 623 g/mol. The number of methoxy groups -OCH3 is 1. The van der Waals surface area contributed by atoms with E-state index >= 15 is 0 Å². The van der Waals surface area contributed by atoms with E-state index < -0.39 is 5.91 Å². The summed E-state index contributed by atoms with van der Waals surface area (Å²) in [5, 5.41) is 20.6. The van der Waals surface area contributed by atoms with Gasteiger partial charge >= 0.3 is 0 Å². The first-order valence-electron chi connectivity index (χ1n) is 16.3. The Morgan fingerprint density at radius 3 is 2.00 bits per heavy atom. The van der Waals surface area contributed by atoms with E-state index in [1.54, 1.807) is 48.5 Å². The summed E-state index contributed by atoms with van der Waals surface area (Å²) in [4.78, 5) is 39.1. The van der Waals surface area contributed by atoms with Crippen LogP contribution in [0.25, 0.3) is 10.8 Å². The van der Waals surface area contributed by atoms with Crippen LogP contribution in [0.15, 0.2) is 78.9 Å². The molecule has 0 saturated carbocycles. The average molecular weight is 624 g/mol. The molecule has 4 aromatic carbocycles. The van der Waals surface area contributed by atoms with Crippen molar-refractivity contribution in [1.82, 2.24) is 5.32 Å². The van der Waals surface area contributed by atoms with Crippen LogP contribution < -0.4 is 20.7 Å². The van der Waals surface area contributed by atoms with Gasteiger partial charge in [-0.3, -0.25) is 14.4 Å². The summed E-state index contributed by atoms with van der Waals surface area (Å²) in [6.45, 7) is 2.85. The molecule has 0 aliphatic carbocycles. The quantitative estimate of drug-likeness (QED) is 0.0878. The van der Waals surface area contributed by atoms with Crippen molar-refractivity contribution in [3.63, 3.8) is 0 Å². The van der Waals surface area contributed by atoms with Gasteiger partial charge in [0.1, 0.15) is 11.5 Å². The second-order valence-corrected chi connectivity index (χ2v) is 11.6. The highest BCUT2D eigenvalue weighted by molar-refractivity contribution is 6.11. The number of benzene rings is 4. The lowest BCUT2D eigenvalue weighted by Gasteiger charge is -2.14. The average Bonchev–Trinajstić information content (AvgIpc) is 3.07. The molecule has 46 heavy (non-hydrogen) atoms. The van der Waals surface area contributed by atoms with Gasteiger partial charge in [-0.25, -0.2) is 0 Å². The highest BCUT2D eigenvalue weighted by Gasteiger charge is 2.18. The van der Waals surface area contributed by atoms with Crippen molar-refractivity contribution in [2.24, 2.45) is 0 Å². The van der Waals surface area contributed by atoms with Crippen LogP contribution in [0.2, 0.25) is 0 Å². The summed E-state index contributed by atoms with van der Waals surface area (Å²) in [6.07, 6.45) is 12.3. The van der Waals surface area contributed by atoms with Crippen molar-refractivity contribution in [2.75, 3.05) is 24.3 Å². The van der Waals surface area contributed by atoms with Crippen LogP contribution in [0, 0.1) is 0 Å². The fourth-order valence-electron chi connectivity index (χ4n) is 5.39. The molecular formula is C38H45N3O5. The van der Waals surface area contributed by atoms with Crippen molar-refractivity contribution in [2.45, 2.75) is 71.1 Å². The van der Waals surface area contributed by atoms with E-state index in [2.05, 4.69) is 22.9 Å². The Morgan fingerprint density at radius 1 is 0.652 bits per heavy atom. The van der Waals surface area contributed by atoms with Crippen LogP contribution in [0.4, 0.5) is 11.4 Å². The molecule has 8 heteroatoms. The van der Waals surface area contributed by atoms with Crippen LogP contribution in [0.1, 0.15) is 102 Å². The van der Waals surface area contributed by atoms with Crippen molar-refractivity contribution in [3.8, 4) is 11.5 Å². The molecular weight excluding hydrogens is 578 g/mol. The highest BCUT2D eigenvalue weighted by atomic mass is 16.5. The summed E-state index contributed by atoms with van der Waals surface area (Å²) < 4.78 is 5.41. The molecule has 0 heterocycles. The van der Waals surface area contributed by atoms with Crippen LogP contribution in [-0.4, -0.2) is 36.5 Å². The molecule has 4 rings (SSSR count). The SMILES string of the molecule is CCCCCCCCCCCCNC(=O)c1ccc2cc(O)c(C(=O)Nc3cc(C(=O)Nc4ccccc4)ccc3OC)cc2c1. The molecule has 0 atom stereocenters. The second-order valence-electron chi connectivity index (χ2n) is 11.6. The third-order valence-electron chi connectivity index (χ3n) is 8.02. The molecule has 8 nitrogen and oxygen atoms in total. The summed E-state index contributed by atoms with van der Waals surface area (Å²) in [7, 11) is 1.46. The van der Waals surface area contributed by atoms with E-state index in [-0.39, 0.29) is 28.8 Å². The maximum absolute atomic E-state index is 13.4. The van der Waals surface area contributed by atoms with E-state index in [9.17, 15) is 19.5 Å². The summed E-state index contributed by atoms with van der Waals surface area (Å²) in [5.74, 6) is -0.968. The molecule has 0 spiro atoms. The lowest BCUT2D eigenvalue weighted by atomic mass is 10.0. The van der Waals surface area contributed by atoms with Crippen molar-refractivity contribution < 1.29 is 24.2 Å². The number of carbonyl (C=O) groups is 3. The molecule has 0 aliphatic rings. The van der Waals surface area contributed by atoms with Crippen LogP contribution in [-0.2, 0) is 0 Å². The number of rotatable bonds is 17. The summed E-state index contributed by atoms with van der Waals surface area (Å²) in [5.41, 5.74) is 1.73. The zero-order valence-corrected chi connectivity index (χ0v) is 26.9. The summed E-state index contributed by atoms with van der Waals surface area (Å²) >= 11 is 0. The molecule has 0 aliphatic heterocycles. The fourth-order valence-corrected chi connectivity index (χ4v) is 5.39. The minimum atomic E-state index is -0.589. The Morgan fingerprint density at radius 2 is 1.30 bits per heavy atom. The van der Waals surface area contributed by atoms with Crippen molar-refractivity contribution in [1.29, 1.82) is 0 Å². The zero-order valence-electron chi connectivity index (χ0n) is 26.9. The zero-order chi connectivity index (χ0) is 32.7. The van der Waals surface area contributed by atoms with Crippen LogP contribution >= 0.6 is 0 Å². The Labute approximate surface area is 271 Å². The highest BCUT2D eigenvalue weighted by Crippen LogP contribution is 2.30. The first kappa shape index (κ1) is 34.0. The molecule has 0 aromatic heterocycles. The molecule has 3 amide bonds. The van der Waals surface area contributed by atoms with E-state index in [0.29, 0.717) is 39.9 Å². The van der Waals surface area contributed by atoms with E-state index in [1.807, 2.05) is 18.2 Å². The molecule has 4 N–H and O–H groups in total. The molecule has 242 valence electrons. The van der Waals surface area contributed by atoms with Gasteiger partial charge in [0.15, 0.2) is 0 Å². The largest absolute Gasteiger partial charge is 0.507 e. The van der Waals surface area contributed by atoms with Gasteiger partial charge in [0, 0.05) is 23.4 Å². The predicted octanol–water partition coefficient (Wildman–Crippen LogP) is 8.71. The molecule has 4 aromatic rings. The molecule has 0 radical (unpaired) electrons. The van der Waals surface area contributed by atoms with E-state index in [4.69, 9.17) is 4.74 Å². The van der Waals surface area contributed by atoms with E-state index in [0.717, 1.165) is 12.8 Å². The minimum Gasteiger partial charge on any atom is -0.507 e. The minimum absolute atomic E-state index is 0.0246. The number of aromatic hydroxyl groups is 1. The van der Waals surface area contributed by atoms with Gasteiger partial charge < -0.3 is 25.8 Å². The number of hydrogen-bond acceptors (Lipinski definition) is 5. The van der Waals surface area contributed by atoms with Crippen LogP contribution in [0.3, 0.4) is 0 Å². The van der Waals surface area contributed by atoms with E-state index in [1.165, 1.54) is 70.6 Å². The Balaban J connectivity index is 1.36. The first-order chi connectivity index (χ1) is 22.4. The van der Waals surface area contributed by atoms with Gasteiger partial charge in [0.05, 0.1) is 18.4 Å². The Hall–Kier alpha value is -4.85. The number of hydrogen-bond donors (Lipinski definition) is 4. The number of para-hydroxylation sites is 1. The maximum Gasteiger partial charge on any atom is 0.259 e. The number of anilines is 2. The first-order valence-corrected chi connectivity index (χ1v) is 16.3. The van der Waals surface area contributed by atoms with Crippen molar-refractivity contribution >= 4 is 39.9 Å². The third kappa shape index (κ3) is 9.83. The lowest BCUT2D eigenvalue weighted by molar-refractivity contribution is 0.0951. The van der Waals surface area contributed by atoms with Gasteiger partial charge in [0.25, 0.3) is 17.7 Å². The number of amides is 3. The maximum atomic E-state index is 13.4. The van der Waals surface area contributed by atoms with Gasteiger partial charge in [-0.05, 0) is 71.8 Å². The molecule has 0 unspecified atom stereocenters. The number of nitrogens with one attached hydrogen (secondary N) is 3. The number of carbonyl (C=O) groups excluding carboxylic acids is 3. The number of phenolic OH excluding ortho intramolecular Hbond substituents is 1. The van der Waals surface area contributed by atoms with Gasteiger partial charge in [-0.1, -0.05) is 89.0 Å². The number of phenols is 1. The smallest absolute Gasteiger partial charge is 0.259 e. The Kier molecular flexibility index (Phi) is 13.0. The predicted molar refractivity (Wildman–Crippen MR) is 185 cm³/mol. The number of unbranched alkanes of at least 4 members (excludes halogenated alkanes) is 9. The van der Waals surface area contributed by atoms with Gasteiger partial charge in [0.2, 0.25) is 0 Å². The third-order valence-corrected chi connectivity index (χ3v) is 8.02. The molecule has 0 saturated heterocycles. The number of ether oxygens (including phenoxy) is 1. The standard InChI is InChI=1S/C38H45N3O5/c1-3-4-5-6-7-8-9-10-11-15-22-39-36(43)28-19-18-27-26-34(42)32(24-30(27)23-28)38(45)41-33-25-29(20-21-35(33)46-2)37(44)40-31-16-13-12-14-17-31/h12-14,16-21,23-26,42H,3-11,15,22H2,1-2H3,(H,39,43)(H,40,44)(H,41,45). The normalized spacial score (nSPS) is 10.8. The lowest BCUT2D eigenvalue weighted by Crippen LogP contribution is -2.24. The molecule has 0 fully saturated rings. The molecule has 0 bridgehead atoms. The number of fused-ring (bicyclic) bond motifs is 1. The van der Waals surface area contributed by atoms with Gasteiger partial charge in [-0.15, -0.1) is 0 Å².